The van der Waals surface area contributed by atoms with Crippen molar-refractivity contribution in [2.75, 3.05) is 13.1 Å². The predicted octanol–water partition coefficient (Wildman–Crippen LogP) is 3.35. The van der Waals surface area contributed by atoms with Gasteiger partial charge in [-0.15, -0.1) is 0 Å². The summed E-state index contributed by atoms with van der Waals surface area (Å²) in [5, 5.41) is 8.73. The maximum Gasteiger partial charge on any atom is 0.416 e. The van der Waals surface area contributed by atoms with Gasteiger partial charge in [-0.3, -0.25) is 9.59 Å². The van der Waals surface area contributed by atoms with Crippen LogP contribution in [0, 0.1) is 5.92 Å². The number of carboxylic acid groups (broad SMARTS) is 1. The van der Waals surface area contributed by atoms with Gasteiger partial charge in [0.1, 0.15) is 0 Å². The molecule has 132 valence electrons. The van der Waals surface area contributed by atoms with Crippen LogP contribution in [-0.4, -0.2) is 35.0 Å². The Balaban J connectivity index is 1.90. The number of hydrogen-bond donors (Lipinski definition) is 1. The van der Waals surface area contributed by atoms with E-state index in [-0.39, 0.29) is 24.7 Å². The Labute approximate surface area is 138 Å². The SMILES string of the molecule is O=C(O)CCC1CCCN(C(=O)Cc2ccc(C(F)(F)F)cc2)C1. The van der Waals surface area contributed by atoms with Crippen LogP contribution in [0.2, 0.25) is 0 Å². The van der Waals surface area contributed by atoms with Gasteiger partial charge in [0.2, 0.25) is 5.91 Å². The molecule has 1 unspecified atom stereocenters. The molecular formula is C17H20F3NO3. The number of alkyl halides is 3. The highest BCUT2D eigenvalue weighted by Crippen LogP contribution is 2.29. The molecule has 0 radical (unpaired) electrons. The molecule has 0 spiro atoms. The number of piperidine rings is 1. The van der Waals surface area contributed by atoms with Gasteiger partial charge >= 0.3 is 12.1 Å². The molecule has 1 aliphatic heterocycles. The van der Waals surface area contributed by atoms with Gasteiger partial charge in [-0.1, -0.05) is 12.1 Å². The van der Waals surface area contributed by atoms with Crippen LogP contribution in [0.3, 0.4) is 0 Å². The normalized spacial score (nSPS) is 18.5. The number of aliphatic carboxylic acids is 1. The quantitative estimate of drug-likeness (QED) is 0.892. The van der Waals surface area contributed by atoms with E-state index < -0.39 is 17.7 Å². The zero-order valence-electron chi connectivity index (χ0n) is 13.2. The average Bonchev–Trinajstić information content (AvgIpc) is 2.53. The molecule has 1 atom stereocenters. The monoisotopic (exact) mass is 343 g/mol. The van der Waals surface area contributed by atoms with Crippen LogP contribution in [-0.2, 0) is 22.2 Å². The molecule has 7 heteroatoms. The fourth-order valence-corrected chi connectivity index (χ4v) is 2.95. The molecule has 1 fully saturated rings. The number of carbonyl (C=O) groups excluding carboxylic acids is 1. The van der Waals surface area contributed by atoms with Crippen LogP contribution >= 0.6 is 0 Å². The topological polar surface area (TPSA) is 57.6 Å². The summed E-state index contributed by atoms with van der Waals surface area (Å²) in [5.74, 6) is -0.801. The molecule has 1 amide bonds. The van der Waals surface area contributed by atoms with Crippen LogP contribution in [0.4, 0.5) is 13.2 Å². The Bertz CT molecular complexity index is 584. The maximum atomic E-state index is 12.5. The molecule has 1 saturated heterocycles. The lowest BCUT2D eigenvalue weighted by molar-refractivity contribution is -0.138. The van der Waals surface area contributed by atoms with Gasteiger partial charge in [0.05, 0.1) is 12.0 Å². The Morgan fingerprint density at radius 1 is 1.21 bits per heavy atom. The predicted molar refractivity (Wildman–Crippen MR) is 81.3 cm³/mol. The van der Waals surface area contributed by atoms with Gasteiger partial charge in [0.25, 0.3) is 0 Å². The number of hydrogen-bond acceptors (Lipinski definition) is 2. The summed E-state index contributed by atoms with van der Waals surface area (Å²) < 4.78 is 37.6. The van der Waals surface area contributed by atoms with E-state index in [1.54, 1.807) is 4.90 Å². The van der Waals surface area contributed by atoms with Crippen LogP contribution in [0.1, 0.15) is 36.8 Å². The van der Waals surface area contributed by atoms with Crippen molar-refractivity contribution >= 4 is 11.9 Å². The van der Waals surface area contributed by atoms with Crippen LogP contribution < -0.4 is 0 Å². The van der Waals surface area contributed by atoms with Crippen molar-refractivity contribution in [2.24, 2.45) is 5.92 Å². The van der Waals surface area contributed by atoms with Crippen LogP contribution in [0.5, 0.6) is 0 Å². The van der Waals surface area contributed by atoms with E-state index in [1.165, 1.54) is 12.1 Å². The highest BCUT2D eigenvalue weighted by molar-refractivity contribution is 5.79. The summed E-state index contributed by atoms with van der Waals surface area (Å²) in [6, 6.07) is 4.61. The number of amides is 1. The van der Waals surface area contributed by atoms with Crippen LogP contribution in [0.15, 0.2) is 24.3 Å². The van der Waals surface area contributed by atoms with E-state index in [1.807, 2.05) is 0 Å². The number of benzene rings is 1. The zero-order valence-corrected chi connectivity index (χ0v) is 13.2. The minimum absolute atomic E-state index is 0.0593. The lowest BCUT2D eigenvalue weighted by atomic mass is 9.93. The van der Waals surface area contributed by atoms with Gasteiger partial charge < -0.3 is 10.0 Å². The molecule has 1 aliphatic rings. The summed E-state index contributed by atoms with van der Waals surface area (Å²) in [5.41, 5.74) is -0.189. The van der Waals surface area contributed by atoms with Gasteiger partial charge in [-0.2, -0.15) is 13.2 Å². The molecule has 0 aromatic heterocycles. The van der Waals surface area contributed by atoms with Crippen LogP contribution in [0.25, 0.3) is 0 Å². The van der Waals surface area contributed by atoms with Gasteiger partial charge in [-0.25, -0.2) is 0 Å². The molecule has 4 nitrogen and oxygen atoms in total. The van der Waals surface area contributed by atoms with Crippen molar-refractivity contribution in [3.63, 3.8) is 0 Å². The zero-order chi connectivity index (χ0) is 17.7. The van der Waals surface area contributed by atoms with Gasteiger partial charge in [0, 0.05) is 19.5 Å². The number of carbonyl (C=O) groups is 2. The number of nitrogens with zero attached hydrogens (tertiary/aromatic N) is 1. The molecule has 2 rings (SSSR count). The van der Waals surface area contributed by atoms with Crippen molar-refractivity contribution in [3.05, 3.63) is 35.4 Å². The van der Waals surface area contributed by atoms with Gasteiger partial charge in [-0.05, 0) is 42.9 Å². The number of likely N-dealkylation sites (tertiary alicyclic amines) is 1. The molecular weight excluding hydrogens is 323 g/mol. The molecule has 1 N–H and O–H groups in total. The second-order valence-corrected chi connectivity index (χ2v) is 6.15. The molecule has 0 bridgehead atoms. The number of halogens is 3. The second kappa shape index (κ2) is 7.68. The van der Waals surface area contributed by atoms with Crippen molar-refractivity contribution in [1.82, 2.24) is 4.90 Å². The first-order chi connectivity index (χ1) is 11.3. The van der Waals surface area contributed by atoms with E-state index in [0.717, 1.165) is 25.0 Å². The fraction of sp³-hybridized carbons (Fsp3) is 0.529. The molecule has 24 heavy (non-hydrogen) atoms. The summed E-state index contributed by atoms with van der Waals surface area (Å²) in [6.07, 6.45) is -1.97. The van der Waals surface area contributed by atoms with E-state index in [2.05, 4.69) is 0 Å². The fourth-order valence-electron chi connectivity index (χ4n) is 2.95. The molecule has 1 heterocycles. The van der Waals surface area contributed by atoms with E-state index in [0.29, 0.717) is 25.1 Å². The maximum absolute atomic E-state index is 12.5. The average molecular weight is 343 g/mol. The third-order valence-corrected chi connectivity index (χ3v) is 4.27. The third-order valence-electron chi connectivity index (χ3n) is 4.27. The highest BCUT2D eigenvalue weighted by Gasteiger charge is 2.30. The highest BCUT2D eigenvalue weighted by atomic mass is 19.4. The third kappa shape index (κ3) is 5.25. The molecule has 0 saturated carbocycles. The first kappa shape index (κ1) is 18.3. The number of rotatable bonds is 5. The Morgan fingerprint density at radius 3 is 2.46 bits per heavy atom. The summed E-state index contributed by atoms with van der Waals surface area (Å²) in [7, 11) is 0. The Kier molecular flexibility index (Phi) is 5.85. The molecule has 1 aromatic carbocycles. The van der Waals surface area contributed by atoms with Crippen molar-refractivity contribution < 1.29 is 27.9 Å². The first-order valence-corrected chi connectivity index (χ1v) is 7.91. The van der Waals surface area contributed by atoms with E-state index in [9.17, 15) is 22.8 Å². The number of carboxylic acids is 1. The van der Waals surface area contributed by atoms with Crippen molar-refractivity contribution in [1.29, 1.82) is 0 Å². The summed E-state index contributed by atoms with van der Waals surface area (Å²) in [6.45, 7) is 1.13. The standard InChI is InChI=1S/C17H20F3NO3/c18-17(19,20)14-6-3-12(4-7-14)10-15(22)21-9-1-2-13(11-21)5-8-16(23)24/h3-4,6-7,13H,1-2,5,8-11H2,(H,23,24). The molecule has 0 aliphatic carbocycles. The van der Waals surface area contributed by atoms with E-state index >= 15 is 0 Å². The van der Waals surface area contributed by atoms with E-state index in [4.69, 9.17) is 5.11 Å². The molecule has 1 aromatic rings. The first-order valence-electron chi connectivity index (χ1n) is 7.91. The lowest BCUT2D eigenvalue weighted by Crippen LogP contribution is -2.40. The van der Waals surface area contributed by atoms with Crippen molar-refractivity contribution in [2.45, 2.75) is 38.3 Å². The minimum atomic E-state index is -4.38. The second-order valence-electron chi connectivity index (χ2n) is 6.15. The Morgan fingerprint density at radius 2 is 1.88 bits per heavy atom. The largest absolute Gasteiger partial charge is 0.481 e. The lowest BCUT2D eigenvalue weighted by Gasteiger charge is -2.32. The smallest absolute Gasteiger partial charge is 0.416 e. The summed E-state index contributed by atoms with van der Waals surface area (Å²) in [4.78, 5) is 24.6. The minimum Gasteiger partial charge on any atom is -0.481 e. The van der Waals surface area contributed by atoms with Gasteiger partial charge in [0.15, 0.2) is 0 Å². The summed E-state index contributed by atoms with van der Waals surface area (Å²) >= 11 is 0. The van der Waals surface area contributed by atoms with Crippen molar-refractivity contribution in [3.8, 4) is 0 Å². The Hall–Kier alpha value is -2.05.